The average molecular weight is 419 g/mol. The molecule has 0 atom stereocenters. The summed E-state index contributed by atoms with van der Waals surface area (Å²) in [5.74, 6) is -0.142. The van der Waals surface area contributed by atoms with Crippen molar-refractivity contribution in [2.24, 2.45) is 0 Å². The molecule has 0 N–H and O–H groups in total. The van der Waals surface area contributed by atoms with Crippen LogP contribution in [0.15, 0.2) is 48.0 Å². The zero-order valence-corrected chi connectivity index (χ0v) is 16.6. The fraction of sp³-hybridized carbons (Fsp3) is 0.273. The number of hydrogen-bond acceptors (Lipinski definition) is 5. The summed E-state index contributed by atoms with van der Waals surface area (Å²) in [7, 11) is 1.40. The molecule has 0 unspecified atom stereocenters. The molecular formula is C22H20F3NO4. The van der Waals surface area contributed by atoms with Gasteiger partial charge in [0.2, 0.25) is 0 Å². The van der Waals surface area contributed by atoms with Gasteiger partial charge >= 0.3 is 12.1 Å². The van der Waals surface area contributed by atoms with Crippen LogP contribution in [0.5, 0.6) is 11.5 Å². The lowest BCUT2D eigenvalue weighted by Crippen LogP contribution is -2.12. The third kappa shape index (κ3) is 6.27. The molecule has 0 heterocycles. The maximum Gasteiger partial charge on any atom is 0.416 e. The van der Waals surface area contributed by atoms with Crippen LogP contribution in [-0.2, 0) is 22.3 Å². The van der Waals surface area contributed by atoms with Crippen LogP contribution in [-0.4, -0.2) is 19.2 Å². The van der Waals surface area contributed by atoms with E-state index in [2.05, 4.69) is 0 Å². The van der Waals surface area contributed by atoms with E-state index in [4.69, 9.17) is 14.2 Å². The maximum absolute atomic E-state index is 12.8. The highest BCUT2D eigenvalue weighted by Gasteiger charge is 2.30. The molecule has 0 amide bonds. The van der Waals surface area contributed by atoms with Gasteiger partial charge in [-0.1, -0.05) is 18.2 Å². The van der Waals surface area contributed by atoms with Crippen molar-refractivity contribution in [2.45, 2.75) is 32.7 Å². The molecule has 158 valence electrons. The van der Waals surface area contributed by atoms with Crippen LogP contribution in [0.1, 0.15) is 30.5 Å². The van der Waals surface area contributed by atoms with Crippen molar-refractivity contribution in [1.82, 2.24) is 0 Å². The number of methoxy groups -OCH3 is 1. The zero-order valence-electron chi connectivity index (χ0n) is 16.6. The van der Waals surface area contributed by atoms with Crippen molar-refractivity contribution in [3.05, 3.63) is 64.7 Å². The van der Waals surface area contributed by atoms with Gasteiger partial charge in [-0.05, 0) is 55.3 Å². The van der Waals surface area contributed by atoms with Crippen molar-refractivity contribution < 1.29 is 32.2 Å². The van der Waals surface area contributed by atoms with Gasteiger partial charge < -0.3 is 14.2 Å². The van der Waals surface area contributed by atoms with Crippen LogP contribution in [0.3, 0.4) is 0 Å². The quantitative estimate of drug-likeness (QED) is 0.353. The number of nitriles is 1. The highest BCUT2D eigenvalue weighted by Crippen LogP contribution is 2.32. The molecular weight excluding hydrogens is 399 g/mol. The second-order valence-corrected chi connectivity index (χ2v) is 6.52. The molecule has 0 aromatic heterocycles. The maximum atomic E-state index is 12.8. The summed E-state index contributed by atoms with van der Waals surface area (Å²) in [6, 6.07) is 11.3. The molecule has 2 rings (SSSR count). The second kappa shape index (κ2) is 9.83. The molecule has 8 heteroatoms. The first-order valence-corrected chi connectivity index (χ1v) is 8.93. The standard InChI is InChI=1S/C22H20F3NO4/c1-14(2)30-21(27)17(12-26)9-15-7-8-19(20(11-15)28-3)29-13-16-5-4-6-18(10-16)22(23,24)25/h4-11,14H,13H2,1-3H3. The van der Waals surface area contributed by atoms with Gasteiger partial charge in [0.05, 0.1) is 18.8 Å². The Morgan fingerprint density at radius 1 is 1.17 bits per heavy atom. The number of alkyl halides is 3. The lowest BCUT2D eigenvalue weighted by Gasteiger charge is -2.13. The summed E-state index contributed by atoms with van der Waals surface area (Å²) < 4.78 is 54.4. The zero-order chi connectivity index (χ0) is 22.3. The summed E-state index contributed by atoms with van der Waals surface area (Å²) in [4.78, 5) is 11.9. The van der Waals surface area contributed by atoms with Gasteiger partial charge in [0.25, 0.3) is 0 Å². The first-order chi connectivity index (χ1) is 14.1. The van der Waals surface area contributed by atoms with E-state index in [-0.39, 0.29) is 18.3 Å². The van der Waals surface area contributed by atoms with E-state index >= 15 is 0 Å². The van der Waals surface area contributed by atoms with E-state index in [9.17, 15) is 23.2 Å². The van der Waals surface area contributed by atoms with Crippen LogP contribution in [0.2, 0.25) is 0 Å². The summed E-state index contributed by atoms with van der Waals surface area (Å²) >= 11 is 0. The van der Waals surface area contributed by atoms with E-state index in [0.717, 1.165) is 12.1 Å². The second-order valence-electron chi connectivity index (χ2n) is 6.52. The average Bonchev–Trinajstić information content (AvgIpc) is 2.69. The van der Waals surface area contributed by atoms with E-state index in [1.807, 2.05) is 0 Å². The molecule has 5 nitrogen and oxygen atoms in total. The Hall–Kier alpha value is -3.47. The predicted octanol–water partition coefficient (Wildman–Crippen LogP) is 5.15. The Kier molecular flexibility index (Phi) is 7.48. The van der Waals surface area contributed by atoms with Crippen molar-refractivity contribution in [1.29, 1.82) is 5.26 Å². The van der Waals surface area contributed by atoms with Crippen LogP contribution in [0, 0.1) is 11.3 Å². The normalized spacial score (nSPS) is 11.7. The Morgan fingerprint density at radius 2 is 1.90 bits per heavy atom. The molecule has 2 aromatic rings. The minimum atomic E-state index is -4.43. The van der Waals surface area contributed by atoms with Crippen LogP contribution < -0.4 is 9.47 Å². The van der Waals surface area contributed by atoms with Crippen molar-refractivity contribution in [3.8, 4) is 17.6 Å². The highest BCUT2D eigenvalue weighted by molar-refractivity contribution is 5.98. The lowest BCUT2D eigenvalue weighted by atomic mass is 10.1. The molecule has 2 aromatic carbocycles. The van der Waals surface area contributed by atoms with Crippen LogP contribution >= 0.6 is 0 Å². The number of carbonyl (C=O) groups is 1. The fourth-order valence-corrected chi connectivity index (χ4v) is 2.47. The molecule has 0 radical (unpaired) electrons. The summed E-state index contributed by atoms with van der Waals surface area (Å²) in [5, 5.41) is 9.19. The van der Waals surface area contributed by atoms with E-state index in [0.29, 0.717) is 22.6 Å². The Balaban J connectivity index is 2.19. The number of hydrogen-bond donors (Lipinski definition) is 0. The van der Waals surface area contributed by atoms with Crippen molar-refractivity contribution in [3.63, 3.8) is 0 Å². The van der Waals surface area contributed by atoms with Gasteiger partial charge in [0, 0.05) is 0 Å². The van der Waals surface area contributed by atoms with E-state index in [1.54, 1.807) is 38.1 Å². The van der Waals surface area contributed by atoms with Crippen LogP contribution in [0.4, 0.5) is 13.2 Å². The first-order valence-electron chi connectivity index (χ1n) is 8.93. The molecule has 0 saturated heterocycles. The molecule has 0 aliphatic heterocycles. The third-order valence-electron chi connectivity index (χ3n) is 3.83. The third-order valence-corrected chi connectivity index (χ3v) is 3.83. The lowest BCUT2D eigenvalue weighted by molar-refractivity contribution is -0.142. The smallest absolute Gasteiger partial charge is 0.416 e. The number of benzene rings is 2. The Bertz CT molecular complexity index is 975. The van der Waals surface area contributed by atoms with Crippen molar-refractivity contribution in [2.75, 3.05) is 7.11 Å². The van der Waals surface area contributed by atoms with Crippen LogP contribution in [0.25, 0.3) is 6.08 Å². The SMILES string of the molecule is COc1cc(C=C(C#N)C(=O)OC(C)C)ccc1OCc1cccc(C(F)(F)F)c1. The summed E-state index contributed by atoms with van der Waals surface area (Å²) in [5.41, 5.74) is -0.0914. The van der Waals surface area contributed by atoms with E-state index < -0.39 is 17.7 Å². The highest BCUT2D eigenvalue weighted by atomic mass is 19.4. The van der Waals surface area contributed by atoms with E-state index in [1.165, 1.54) is 25.3 Å². The number of esters is 1. The van der Waals surface area contributed by atoms with Gasteiger partial charge in [0.15, 0.2) is 11.5 Å². The summed E-state index contributed by atoms with van der Waals surface area (Å²) in [6.07, 6.45) is -3.45. The van der Waals surface area contributed by atoms with Crippen molar-refractivity contribution >= 4 is 12.0 Å². The van der Waals surface area contributed by atoms with Gasteiger partial charge in [-0.15, -0.1) is 0 Å². The number of nitrogens with zero attached hydrogens (tertiary/aromatic N) is 1. The molecule has 0 aliphatic rings. The van der Waals surface area contributed by atoms with Gasteiger partial charge in [-0.2, -0.15) is 18.4 Å². The predicted molar refractivity (Wildman–Crippen MR) is 104 cm³/mol. The monoisotopic (exact) mass is 419 g/mol. The molecule has 30 heavy (non-hydrogen) atoms. The first kappa shape index (κ1) is 22.8. The molecule has 0 saturated carbocycles. The number of carbonyl (C=O) groups excluding carboxylic acids is 1. The topological polar surface area (TPSA) is 68.5 Å². The van der Waals surface area contributed by atoms with Gasteiger partial charge in [-0.25, -0.2) is 4.79 Å². The number of rotatable bonds is 7. The molecule has 0 aliphatic carbocycles. The number of ether oxygens (including phenoxy) is 3. The minimum absolute atomic E-state index is 0.0976. The number of halogens is 3. The minimum Gasteiger partial charge on any atom is -0.493 e. The molecule has 0 bridgehead atoms. The Morgan fingerprint density at radius 3 is 2.50 bits per heavy atom. The fourth-order valence-electron chi connectivity index (χ4n) is 2.47. The van der Waals surface area contributed by atoms with Gasteiger partial charge in [-0.3, -0.25) is 0 Å². The summed E-state index contributed by atoms with van der Waals surface area (Å²) in [6.45, 7) is 3.25. The van der Waals surface area contributed by atoms with Gasteiger partial charge in [0.1, 0.15) is 18.2 Å². The molecule has 0 fully saturated rings. The Labute approximate surface area is 172 Å². The largest absolute Gasteiger partial charge is 0.493 e. The molecule has 0 spiro atoms.